The number of fused-ring (bicyclic) bond motifs is 1. The zero-order valence-electron chi connectivity index (χ0n) is 14.3. The summed E-state index contributed by atoms with van der Waals surface area (Å²) in [6.45, 7) is 0. The van der Waals surface area contributed by atoms with Gasteiger partial charge in [0.1, 0.15) is 23.5 Å². The van der Waals surface area contributed by atoms with Crippen LogP contribution >= 0.6 is 0 Å². The van der Waals surface area contributed by atoms with Crippen molar-refractivity contribution in [3.8, 4) is 11.5 Å². The topological polar surface area (TPSA) is 97.3 Å². The SMILES string of the molecule is COC(=O)C1=NNC2C(=O)N(c3ccc(Oc4ccccc4)cc3)C(=O)C12. The molecular formula is C19H15N3O5. The average Bonchev–Trinajstić information content (AvgIpc) is 3.23. The summed E-state index contributed by atoms with van der Waals surface area (Å²) in [5, 5.41) is 3.78. The minimum absolute atomic E-state index is 0.0904. The molecule has 27 heavy (non-hydrogen) atoms. The Morgan fingerprint density at radius 1 is 1.00 bits per heavy atom. The van der Waals surface area contributed by atoms with Crippen LogP contribution in [-0.4, -0.2) is 36.6 Å². The quantitative estimate of drug-likeness (QED) is 0.651. The number of carbonyl (C=O) groups is 3. The second kappa shape index (κ2) is 6.56. The van der Waals surface area contributed by atoms with Crippen LogP contribution in [0.4, 0.5) is 5.69 Å². The van der Waals surface area contributed by atoms with Gasteiger partial charge in [-0.3, -0.25) is 15.0 Å². The Morgan fingerprint density at radius 3 is 2.33 bits per heavy atom. The number of nitrogens with zero attached hydrogens (tertiary/aromatic N) is 2. The first-order valence-corrected chi connectivity index (χ1v) is 8.22. The molecule has 0 bridgehead atoms. The van der Waals surface area contributed by atoms with E-state index in [0.717, 1.165) is 4.90 Å². The maximum Gasteiger partial charge on any atom is 0.355 e. The largest absolute Gasteiger partial charge is 0.464 e. The third kappa shape index (κ3) is 2.80. The van der Waals surface area contributed by atoms with E-state index in [0.29, 0.717) is 17.2 Å². The highest BCUT2D eigenvalue weighted by Gasteiger charge is 2.55. The zero-order valence-corrected chi connectivity index (χ0v) is 14.3. The smallest absolute Gasteiger partial charge is 0.355 e. The van der Waals surface area contributed by atoms with Crippen molar-refractivity contribution >= 4 is 29.2 Å². The summed E-state index contributed by atoms with van der Waals surface area (Å²) < 4.78 is 10.3. The van der Waals surface area contributed by atoms with Gasteiger partial charge in [0, 0.05) is 0 Å². The van der Waals surface area contributed by atoms with Crippen molar-refractivity contribution in [2.45, 2.75) is 6.04 Å². The molecule has 2 atom stereocenters. The van der Waals surface area contributed by atoms with Crippen molar-refractivity contribution < 1.29 is 23.9 Å². The van der Waals surface area contributed by atoms with Gasteiger partial charge in [0.15, 0.2) is 5.71 Å². The molecule has 0 radical (unpaired) electrons. The summed E-state index contributed by atoms with van der Waals surface area (Å²) in [5.41, 5.74) is 2.86. The van der Waals surface area contributed by atoms with E-state index < -0.39 is 29.7 Å². The van der Waals surface area contributed by atoms with E-state index in [-0.39, 0.29) is 5.71 Å². The van der Waals surface area contributed by atoms with Crippen LogP contribution in [0.3, 0.4) is 0 Å². The molecule has 2 unspecified atom stereocenters. The molecule has 2 aliphatic rings. The maximum absolute atomic E-state index is 12.7. The molecule has 8 nitrogen and oxygen atoms in total. The van der Waals surface area contributed by atoms with Gasteiger partial charge in [-0.15, -0.1) is 0 Å². The minimum Gasteiger partial charge on any atom is -0.464 e. The van der Waals surface area contributed by atoms with E-state index in [1.807, 2.05) is 30.3 Å². The number of rotatable bonds is 4. The number of anilines is 1. The lowest BCUT2D eigenvalue weighted by molar-refractivity contribution is -0.133. The number of carbonyl (C=O) groups excluding carboxylic acids is 3. The summed E-state index contributed by atoms with van der Waals surface area (Å²) >= 11 is 0. The molecule has 2 aromatic carbocycles. The number of nitrogens with one attached hydrogen (secondary N) is 1. The van der Waals surface area contributed by atoms with Gasteiger partial charge in [0.2, 0.25) is 5.91 Å². The van der Waals surface area contributed by atoms with Gasteiger partial charge in [0.05, 0.1) is 12.8 Å². The molecule has 2 aliphatic heterocycles. The Hall–Kier alpha value is -3.68. The number of hydrogen-bond donors (Lipinski definition) is 1. The molecule has 4 rings (SSSR count). The monoisotopic (exact) mass is 365 g/mol. The maximum atomic E-state index is 12.7. The predicted octanol–water partition coefficient (Wildman–Crippen LogP) is 1.47. The Bertz CT molecular complexity index is 940. The molecule has 0 aromatic heterocycles. The number of benzene rings is 2. The minimum atomic E-state index is -0.981. The lowest BCUT2D eigenvalue weighted by Gasteiger charge is -2.16. The van der Waals surface area contributed by atoms with Crippen LogP contribution in [0.1, 0.15) is 0 Å². The molecule has 1 fully saturated rings. The zero-order chi connectivity index (χ0) is 19.0. The number of amides is 2. The first-order valence-electron chi connectivity index (χ1n) is 8.22. The molecule has 2 heterocycles. The Labute approximate surface area is 154 Å². The van der Waals surface area contributed by atoms with Gasteiger partial charge < -0.3 is 9.47 Å². The molecule has 136 valence electrons. The van der Waals surface area contributed by atoms with Crippen molar-refractivity contribution in [1.82, 2.24) is 5.43 Å². The van der Waals surface area contributed by atoms with E-state index in [1.54, 1.807) is 24.3 Å². The Balaban J connectivity index is 1.55. The number of hydrazone groups is 1. The Morgan fingerprint density at radius 2 is 1.67 bits per heavy atom. The molecule has 0 saturated carbocycles. The van der Waals surface area contributed by atoms with Crippen molar-refractivity contribution in [3.63, 3.8) is 0 Å². The van der Waals surface area contributed by atoms with Crippen molar-refractivity contribution in [3.05, 3.63) is 54.6 Å². The fourth-order valence-electron chi connectivity index (χ4n) is 3.10. The van der Waals surface area contributed by atoms with E-state index in [1.165, 1.54) is 7.11 Å². The summed E-state index contributed by atoms with van der Waals surface area (Å²) in [7, 11) is 1.20. The highest BCUT2D eigenvalue weighted by atomic mass is 16.5. The first-order chi connectivity index (χ1) is 13.1. The summed E-state index contributed by atoms with van der Waals surface area (Å²) in [6.07, 6.45) is 0. The van der Waals surface area contributed by atoms with Crippen LogP contribution in [0.2, 0.25) is 0 Å². The number of ether oxygens (including phenoxy) is 2. The summed E-state index contributed by atoms with van der Waals surface area (Å²) in [4.78, 5) is 38.2. The molecule has 8 heteroatoms. The summed E-state index contributed by atoms with van der Waals surface area (Å²) in [5.74, 6) is -1.45. The average molecular weight is 365 g/mol. The van der Waals surface area contributed by atoms with Crippen LogP contribution in [-0.2, 0) is 19.1 Å². The van der Waals surface area contributed by atoms with Crippen molar-refractivity contribution in [2.24, 2.45) is 11.0 Å². The number of esters is 1. The lowest BCUT2D eigenvalue weighted by atomic mass is 9.99. The molecule has 0 spiro atoms. The van der Waals surface area contributed by atoms with Gasteiger partial charge in [0.25, 0.3) is 5.91 Å². The van der Waals surface area contributed by atoms with Crippen LogP contribution in [0.5, 0.6) is 11.5 Å². The van der Waals surface area contributed by atoms with E-state index in [2.05, 4.69) is 15.3 Å². The Kier molecular flexibility index (Phi) is 4.08. The number of imide groups is 1. The fraction of sp³-hybridized carbons (Fsp3) is 0.158. The number of methoxy groups -OCH3 is 1. The predicted molar refractivity (Wildman–Crippen MR) is 95.3 cm³/mol. The highest BCUT2D eigenvalue weighted by Crippen LogP contribution is 2.32. The van der Waals surface area contributed by atoms with Crippen LogP contribution in [0.25, 0.3) is 0 Å². The van der Waals surface area contributed by atoms with Gasteiger partial charge >= 0.3 is 5.97 Å². The van der Waals surface area contributed by atoms with Crippen LogP contribution in [0, 0.1) is 5.92 Å². The third-order valence-corrected chi connectivity index (χ3v) is 4.39. The second-order valence-electron chi connectivity index (χ2n) is 5.99. The van der Waals surface area contributed by atoms with Gasteiger partial charge in [-0.05, 0) is 36.4 Å². The lowest BCUT2D eigenvalue weighted by Crippen LogP contribution is -2.36. The van der Waals surface area contributed by atoms with Crippen molar-refractivity contribution in [1.29, 1.82) is 0 Å². The number of hydrogen-bond acceptors (Lipinski definition) is 7. The first kappa shape index (κ1) is 16.8. The van der Waals surface area contributed by atoms with Gasteiger partial charge in [-0.1, -0.05) is 18.2 Å². The fourth-order valence-corrected chi connectivity index (χ4v) is 3.10. The van der Waals surface area contributed by atoms with E-state index in [4.69, 9.17) is 4.74 Å². The van der Waals surface area contributed by atoms with Crippen molar-refractivity contribution in [2.75, 3.05) is 12.0 Å². The van der Waals surface area contributed by atoms with Crippen LogP contribution < -0.4 is 15.1 Å². The molecule has 1 saturated heterocycles. The van der Waals surface area contributed by atoms with Crippen LogP contribution in [0.15, 0.2) is 59.7 Å². The van der Waals surface area contributed by atoms with Gasteiger partial charge in [-0.25, -0.2) is 9.69 Å². The second-order valence-corrected chi connectivity index (χ2v) is 5.99. The normalized spacial score (nSPS) is 20.8. The highest BCUT2D eigenvalue weighted by molar-refractivity contribution is 6.46. The van der Waals surface area contributed by atoms with E-state index >= 15 is 0 Å². The molecule has 2 amide bonds. The molecule has 2 aromatic rings. The summed E-state index contributed by atoms with van der Waals surface area (Å²) in [6, 6.07) is 14.9. The molecule has 1 N–H and O–H groups in total. The van der Waals surface area contributed by atoms with E-state index in [9.17, 15) is 14.4 Å². The molecule has 0 aliphatic carbocycles. The molecular weight excluding hydrogens is 350 g/mol. The van der Waals surface area contributed by atoms with Gasteiger partial charge in [-0.2, -0.15) is 5.10 Å². The number of para-hydroxylation sites is 1. The standard InChI is InChI=1S/C19H15N3O5/c1-26-19(25)16-14-15(20-21-16)18(24)22(17(14)23)11-7-9-13(10-8-11)27-12-5-3-2-4-6-12/h2-10,14-15,20H,1H3. The third-order valence-electron chi connectivity index (χ3n) is 4.39.